The third-order valence-corrected chi connectivity index (χ3v) is 3.92. The summed E-state index contributed by atoms with van der Waals surface area (Å²) in [6.07, 6.45) is 0.605. The van der Waals surface area contributed by atoms with Crippen LogP contribution in [0.25, 0.3) is 0 Å². The molecule has 2 aromatic carbocycles. The van der Waals surface area contributed by atoms with Crippen LogP contribution in [0.4, 0.5) is 0 Å². The van der Waals surface area contributed by atoms with Gasteiger partial charge in [0, 0.05) is 6.42 Å². The molecule has 0 heterocycles. The number of hydrogen-bond donors (Lipinski definition) is 1. The van der Waals surface area contributed by atoms with Gasteiger partial charge in [-0.15, -0.1) is 0 Å². The van der Waals surface area contributed by atoms with Gasteiger partial charge < -0.3 is 14.2 Å². The van der Waals surface area contributed by atoms with Gasteiger partial charge in [-0.05, 0) is 29.7 Å². The molecule has 148 valence electrons. The van der Waals surface area contributed by atoms with Crippen LogP contribution in [0.3, 0.4) is 0 Å². The number of benzene rings is 2. The van der Waals surface area contributed by atoms with E-state index in [0.29, 0.717) is 17.9 Å². The van der Waals surface area contributed by atoms with Crippen LogP contribution in [-0.4, -0.2) is 38.6 Å². The number of methoxy groups -OCH3 is 2. The van der Waals surface area contributed by atoms with Crippen molar-refractivity contribution in [3.63, 3.8) is 0 Å². The minimum Gasteiger partial charge on any atom is -0.493 e. The highest BCUT2D eigenvalue weighted by Crippen LogP contribution is 2.27. The Labute approximate surface area is 163 Å². The van der Waals surface area contributed by atoms with Crippen molar-refractivity contribution in [3.8, 4) is 11.5 Å². The number of carbonyl (C=O) groups excluding carboxylic acids is 3. The van der Waals surface area contributed by atoms with Gasteiger partial charge in [0.15, 0.2) is 18.1 Å². The van der Waals surface area contributed by atoms with Crippen molar-refractivity contribution in [2.75, 3.05) is 20.8 Å². The van der Waals surface area contributed by atoms with E-state index in [1.165, 1.54) is 7.11 Å². The van der Waals surface area contributed by atoms with Crippen LogP contribution in [0.2, 0.25) is 0 Å². The van der Waals surface area contributed by atoms with Crippen LogP contribution < -0.4 is 14.8 Å². The lowest BCUT2D eigenvalue weighted by molar-refractivity contribution is -0.149. The zero-order valence-corrected chi connectivity index (χ0v) is 15.9. The summed E-state index contributed by atoms with van der Waals surface area (Å²) in [4.78, 5) is 35.4. The molecule has 2 rings (SSSR count). The van der Waals surface area contributed by atoms with Crippen LogP contribution in [0.5, 0.6) is 11.5 Å². The fraction of sp³-hybridized carbons (Fsp3) is 0.286. The predicted molar refractivity (Wildman–Crippen MR) is 102 cm³/mol. The van der Waals surface area contributed by atoms with E-state index in [1.54, 1.807) is 31.4 Å². The Morgan fingerprint density at radius 3 is 2.25 bits per heavy atom. The summed E-state index contributed by atoms with van der Waals surface area (Å²) >= 11 is 0. The quantitative estimate of drug-likeness (QED) is 0.665. The Morgan fingerprint density at radius 1 is 0.857 bits per heavy atom. The Morgan fingerprint density at radius 2 is 1.57 bits per heavy atom. The van der Waals surface area contributed by atoms with Gasteiger partial charge in [-0.25, -0.2) is 0 Å². The van der Waals surface area contributed by atoms with E-state index in [1.807, 2.05) is 24.3 Å². The van der Waals surface area contributed by atoms with Crippen molar-refractivity contribution in [1.29, 1.82) is 0 Å². The SMILES string of the molecule is COc1ccc(CCC(=O)OCC(=O)NC(=O)Cc2ccccc2)cc1OC. The smallest absolute Gasteiger partial charge is 0.306 e. The number of ether oxygens (including phenoxy) is 3. The lowest BCUT2D eigenvalue weighted by Crippen LogP contribution is -2.35. The first-order valence-corrected chi connectivity index (χ1v) is 8.75. The number of amides is 2. The van der Waals surface area contributed by atoms with Gasteiger partial charge in [0.05, 0.1) is 20.6 Å². The fourth-order valence-corrected chi connectivity index (χ4v) is 2.52. The van der Waals surface area contributed by atoms with Gasteiger partial charge in [0.2, 0.25) is 5.91 Å². The molecule has 7 nitrogen and oxygen atoms in total. The molecule has 0 radical (unpaired) electrons. The van der Waals surface area contributed by atoms with E-state index >= 15 is 0 Å². The van der Waals surface area contributed by atoms with Gasteiger partial charge in [-0.3, -0.25) is 19.7 Å². The predicted octanol–water partition coefficient (Wildman–Crippen LogP) is 2.07. The van der Waals surface area contributed by atoms with Crippen molar-refractivity contribution >= 4 is 17.8 Å². The van der Waals surface area contributed by atoms with Gasteiger partial charge >= 0.3 is 5.97 Å². The standard InChI is InChI=1S/C21H23NO6/c1-26-17-10-8-16(12-18(17)27-2)9-11-21(25)28-14-20(24)22-19(23)13-15-6-4-3-5-7-15/h3-8,10,12H,9,11,13-14H2,1-2H3,(H,22,23,24). The maximum atomic E-state index is 11.8. The van der Waals surface area contributed by atoms with E-state index in [9.17, 15) is 14.4 Å². The van der Waals surface area contributed by atoms with Crippen molar-refractivity contribution in [2.24, 2.45) is 0 Å². The maximum absolute atomic E-state index is 11.8. The zero-order chi connectivity index (χ0) is 20.4. The molecular weight excluding hydrogens is 362 g/mol. The van der Waals surface area contributed by atoms with Gasteiger partial charge in [0.25, 0.3) is 5.91 Å². The molecular formula is C21H23NO6. The second-order valence-electron chi connectivity index (χ2n) is 5.98. The number of carbonyl (C=O) groups is 3. The fourth-order valence-electron chi connectivity index (χ4n) is 2.52. The monoisotopic (exact) mass is 385 g/mol. The third kappa shape index (κ3) is 6.75. The molecule has 0 bridgehead atoms. The van der Waals surface area contributed by atoms with Crippen molar-refractivity contribution < 1.29 is 28.6 Å². The first-order valence-electron chi connectivity index (χ1n) is 8.75. The van der Waals surface area contributed by atoms with E-state index in [2.05, 4.69) is 5.32 Å². The lowest BCUT2D eigenvalue weighted by Gasteiger charge is -2.09. The van der Waals surface area contributed by atoms with E-state index in [-0.39, 0.29) is 12.8 Å². The molecule has 0 aliphatic carbocycles. The Balaban J connectivity index is 1.71. The van der Waals surface area contributed by atoms with Crippen molar-refractivity contribution in [1.82, 2.24) is 5.32 Å². The minimum atomic E-state index is -0.652. The van der Waals surface area contributed by atoms with E-state index in [4.69, 9.17) is 14.2 Å². The molecule has 0 aromatic heterocycles. The Hall–Kier alpha value is -3.35. The lowest BCUT2D eigenvalue weighted by atomic mass is 10.1. The van der Waals surface area contributed by atoms with Gasteiger partial charge in [-0.2, -0.15) is 0 Å². The molecule has 0 spiro atoms. The summed E-state index contributed by atoms with van der Waals surface area (Å²) in [6, 6.07) is 14.4. The highest BCUT2D eigenvalue weighted by atomic mass is 16.5. The average molecular weight is 385 g/mol. The van der Waals surface area contributed by atoms with Crippen LogP contribution in [-0.2, 0) is 32.0 Å². The summed E-state index contributed by atoms with van der Waals surface area (Å²) in [5.74, 6) is -0.450. The highest BCUT2D eigenvalue weighted by Gasteiger charge is 2.12. The average Bonchev–Trinajstić information content (AvgIpc) is 2.71. The molecule has 0 fully saturated rings. The summed E-state index contributed by atoms with van der Waals surface area (Å²) in [7, 11) is 3.08. The van der Waals surface area contributed by atoms with Crippen molar-refractivity contribution in [2.45, 2.75) is 19.3 Å². The number of esters is 1. The maximum Gasteiger partial charge on any atom is 0.306 e. The first-order chi connectivity index (χ1) is 13.5. The van der Waals surface area contributed by atoms with E-state index in [0.717, 1.165) is 11.1 Å². The highest BCUT2D eigenvalue weighted by molar-refractivity contribution is 5.97. The molecule has 0 aliphatic heterocycles. The van der Waals surface area contributed by atoms with Gasteiger partial charge in [-0.1, -0.05) is 36.4 Å². The molecule has 0 atom stereocenters. The zero-order valence-electron chi connectivity index (χ0n) is 15.9. The number of hydrogen-bond acceptors (Lipinski definition) is 6. The number of imide groups is 1. The summed E-state index contributed by atoms with van der Waals surface area (Å²) < 4.78 is 15.3. The molecule has 1 N–H and O–H groups in total. The summed E-state index contributed by atoms with van der Waals surface area (Å²) in [5, 5.41) is 2.20. The van der Waals surface area contributed by atoms with Gasteiger partial charge in [0.1, 0.15) is 0 Å². The molecule has 2 amide bonds. The number of aryl methyl sites for hydroxylation is 1. The molecule has 28 heavy (non-hydrogen) atoms. The molecule has 0 aliphatic rings. The van der Waals surface area contributed by atoms with Crippen LogP contribution in [0, 0.1) is 0 Å². The number of nitrogens with one attached hydrogen (secondary N) is 1. The second-order valence-corrected chi connectivity index (χ2v) is 5.98. The molecule has 7 heteroatoms. The second kappa shape index (κ2) is 10.7. The van der Waals surface area contributed by atoms with Crippen LogP contribution >= 0.6 is 0 Å². The third-order valence-electron chi connectivity index (χ3n) is 3.92. The van der Waals surface area contributed by atoms with Crippen LogP contribution in [0.1, 0.15) is 17.5 Å². The summed E-state index contributed by atoms with van der Waals surface area (Å²) in [6.45, 7) is -0.495. The van der Waals surface area contributed by atoms with Crippen molar-refractivity contribution in [3.05, 3.63) is 59.7 Å². The number of rotatable bonds is 9. The molecule has 0 saturated heterocycles. The van der Waals surface area contributed by atoms with Crippen LogP contribution in [0.15, 0.2) is 48.5 Å². The molecule has 2 aromatic rings. The van der Waals surface area contributed by atoms with E-state index < -0.39 is 24.4 Å². The summed E-state index contributed by atoms with van der Waals surface area (Å²) in [5.41, 5.74) is 1.66. The molecule has 0 unspecified atom stereocenters. The topological polar surface area (TPSA) is 90.9 Å². The Kier molecular flexibility index (Phi) is 8.02. The Bertz CT molecular complexity index is 819. The largest absolute Gasteiger partial charge is 0.493 e. The minimum absolute atomic E-state index is 0.0832. The molecule has 0 saturated carbocycles. The first kappa shape index (κ1) is 21.0. The normalized spacial score (nSPS) is 10.1.